The molecule has 2 nitrogen and oxygen atoms in total. The summed E-state index contributed by atoms with van der Waals surface area (Å²) in [5.41, 5.74) is 1.37. The lowest BCUT2D eigenvalue weighted by Crippen LogP contribution is -2.26. The van der Waals surface area contributed by atoms with Crippen LogP contribution in [-0.4, -0.2) is 20.2 Å². The van der Waals surface area contributed by atoms with Crippen LogP contribution >= 0.6 is 12.4 Å². The highest BCUT2D eigenvalue weighted by Gasteiger charge is 2.19. The molecule has 1 aliphatic rings. The second kappa shape index (κ2) is 6.27. The summed E-state index contributed by atoms with van der Waals surface area (Å²) in [5, 5.41) is 5.99. The minimum absolute atomic E-state index is 0. The average Bonchev–Trinajstić information content (AvgIpc) is 2.46. The third-order valence-corrected chi connectivity index (χ3v) is 3.88. The summed E-state index contributed by atoms with van der Waals surface area (Å²) in [4.78, 5) is 0. The number of rotatable bonds is 2. The van der Waals surface area contributed by atoms with Crippen LogP contribution in [0.4, 0.5) is 0 Å². The van der Waals surface area contributed by atoms with Gasteiger partial charge in [-0.25, -0.2) is 0 Å². The zero-order valence-electron chi connectivity index (χ0n) is 11.2. The Labute approximate surface area is 120 Å². The van der Waals surface area contributed by atoms with Gasteiger partial charge < -0.3 is 10.1 Å². The molecule has 0 atom stereocenters. The van der Waals surface area contributed by atoms with E-state index < -0.39 is 0 Å². The molecular weight excluding hydrogens is 258 g/mol. The Bertz CT molecular complexity index is 549. The predicted molar refractivity (Wildman–Crippen MR) is 82.6 cm³/mol. The molecule has 1 fully saturated rings. The lowest BCUT2D eigenvalue weighted by Gasteiger charge is -2.25. The van der Waals surface area contributed by atoms with Crippen molar-refractivity contribution in [2.45, 2.75) is 18.8 Å². The molecule has 19 heavy (non-hydrogen) atoms. The van der Waals surface area contributed by atoms with Crippen molar-refractivity contribution in [3.8, 4) is 5.75 Å². The molecule has 0 bridgehead atoms. The molecule has 1 aliphatic heterocycles. The maximum atomic E-state index is 5.59. The molecule has 0 saturated carbocycles. The van der Waals surface area contributed by atoms with Crippen LogP contribution in [0.15, 0.2) is 36.4 Å². The van der Waals surface area contributed by atoms with Gasteiger partial charge in [-0.05, 0) is 60.3 Å². The minimum atomic E-state index is 0. The Balaban J connectivity index is 0.00000133. The lowest BCUT2D eigenvalue weighted by molar-refractivity contribution is 0.392. The number of hydrogen-bond donors (Lipinski definition) is 1. The molecule has 102 valence electrons. The Morgan fingerprint density at radius 2 is 1.68 bits per heavy atom. The fourth-order valence-corrected chi connectivity index (χ4v) is 2.87. The minimum Gasteiger partial charge on any atom is -0.496 e. The normalized spacial score (nSPS) is 16.1. The van der Waals surface area contributed by atoms with Crippen molar-refractivity contribution in [2.24, 2.45) is 0 Å². The Hall–Kier alpha value is -1.25. The summed E-state index contributed by atoms with van der Waals surface area (Å²) in [7, 11) is 1.77. The van der Waals surface area contributed by atoms with Crippen LogP contribution in [0.1, 0.15) is 24.3 Å². The zero-order valence-corrected chi connectivity index (χ0v) is 12.0. The van der Waals surface area contributed by atoms with Gasteiger partial charge in [0, 0.05) is 0 Å². The second-order valence-electron chi connectivity index (χ2n) is 4.97. The zero-order chi connectivity index (χ0) is 12.4. The molecule has 1 N–H and O–H groups in total. The van der Waals surface area contributed by atoms with Gasteiger partial charge in [0.25, 0.3) is 0 Å². The smallest absolute Gasteiger partial charge is 0.122 e. The van der Waals surface area contributed by atoms with Crippen molar-refractivity contribution < 1.29 is 4.74 Å². The van der Waals surface area contributed by atoms with Gasteiger partial charge >= 0.3 is 0 Å². The first-order valence-corrected chi connectivity index (χ1v) is 6.66. The summed E-state index contributed by atoms with van der Waals surface area (Å²) < 4.78 is 5.59. The van der Waals surface area contributed by atoms with Crippen LogP contribution in [0, 0.1) is 0 Å². The highest BCUT2D eigenvalue weighted by molar-refractivity contribution is 5.85. The fourth-order valence-electron chi connectivity index (χ4n) is 2.87. The van der Waals surface area contributed by atoms with Crippen molar-refractivity contribution in [1.29, 1.82) is 0 Å². The molecule has 0 spiro atoms. The molecule has 3 heteroatoms. The number of halogens is 1. The summed E-state index contributed by atoms with van der Waals surface area (Å²) in [6.07, 6.45) is 2.41. The number of fused-ring (bicyclic) bond motifs is 1. The van der Waals surface area contributed by atoms with E-state index in [0.29, 0.717) is 5.92 Å². The molecule has 0 unspecified atom stereocenters. The molecule has 2 aromatic rings. The molecule has 0 aliphatic carbocycles. The van der Waals surface area contributed by atoms with Crippen LogP contribution in [0.25, 0.3) is 10.8 Å². The number of hydrogen-bond acceptors (Lipinski definition) is 2. The number of benzene rings is 2. The molecule has 0 radical (unpaired) electrons. The average molecular weight is 278 g/mol. The van der Waals surface area contributed by atoms with E-state index in [1.807, 2.05) is 0 Å². The van der Waals surface area contributed by atoms with Crippen molar-refractivity contribution in [2.75, 3.05) is 20.2 Å². The highest BCUT2D eigenvalue weighted by Crippen LogP contribution is 2.35. The van der Waals surface area contributed by atoms with Crippen molar-refractivity contribution in [3.05, 3.63) is 42.0 Å². The topological polar surface area (TPSA) is 21.3 Å². The Morgan fingerprint density at radius 1 is 1.05 bits per heavy atom. The molecule has 0 aromatic heterocycles. The quantitative estimate of drug-likeness (QED) is 0.903. The van der Waals surface area contributed by atoms with Gasteiger partial charge in [-0.3, -0.25) is 0 Å². The second-order valence-corrected chi connectivity index (χ2v) is 4.97. The number of nitrogens with one attached hydrogen (secondary N) is 1. The van der Waals surface area contributed by atoms with E-state index in [-0.39, 0.29) is 12.4 Å². The first-order chi connectivity index (χ1) is 8.88. The monoisotopic (exact) mass is 277 g/mol. The van der Waals surface area contributed by atoms with Crippen LogP contribution in [0.5, 0.6) is 5.75 Å². The standard InChI is InChI=1S/C16H19NO.ClH/c1-18-16-11-14-5-3-2-4-13(14)10-15(16)12-6-8-17-9-7-12;/h2-5,10-12,17H,6-9H2,1H3;1H. The maximum absolute atomic E-state index is 5.59. The van der Waals surface area contributed by atoms with Gasteiger partial charge in [-0.1, -0.05) is 24.3 Å². The van der Waals surface area contributed by atoms with Gasteiger partial charge in [-0.15, -0.1) is 12.4 Å². The van der Waals surface area contributed by atoms with Gasteiger partial charge in [0.1, 0.15) is 5.75 Å². The first kappa shape index (κ1) is 14.2. The fraction of sp³-hybridized carbons (Fsp3) is 0.375. The third-order valence-electron chi connectivity index (χ3n) is 3.88. The van der Waals surface area contributed by atoms with Crippen LogP contribution in [0.3, 0.4) is 0 Å². The summed E-state index contributed by atoms with van der Waals surface area (Å²) in [6, 6.07) is 13.0. The lowest BCUT2D eigenvalue weighted by atomic mass is 9.88. The van der Waals surface area contributed by atoms with Crippen molar-refractivity contribution in [1.82, 2.24) is 5.32 Å². The van der Waals surface area contributed by atoms with Gasteiger partial charge in [-0.2, -0.15) is 0 Å². The van der Waals surface area contributed by atoms with E-state index >= 15 is 0 Å². The van der Waals surface area contributed by atoms with E-state index in [9.17, 15) is 0 Å². The van der Waals surface area contributed by atoms with Crippen LogP contribution in [0.2, 0.25) is 0 Å². The first-order valence-electron chi connectivity index (χ1n) is 6.66. The predicted octanol–water partition coefficient (Wildman–Crippen LogP) is 3.74. The largest absolute Gasteiger partial charge is 0.496 e. The van der Waals surface area contributed by atoms with E-state index in [1.165, 1.54) is 29.2 Å². The molecular formula is C16H20ClNO. The van der Waals surface area contributed by atoms with E-state index in [1.54, 1.807) is 7.11 Å². The Morgan fingerprint density at radius 3 is 2.32 bits per heavy atom. The van der Waals surface area contributed by atoms with Crippen molar-refractivity contribution >= 4 is 23.2 Å². The molecule has 1 heterocycles. The molecule has 2 aromatic carbocycles. The number of piperidine rings is 1. The highest BCUT2D eigenvalue weighted by atomic mass is 35.5. The molecule has 1 saturated heterocycles. The van der Waals surface area contributed by atoms with Gasteiger partial charge in [0.15, 0.2) is 0 Å². The van der Waals surface area contributed by atoms with E-state index in [0.717, 1.165) is 18.8 Å². The molecule has 3 rings (SSSR count). The number of ether oxygens (including phenoxy) is 1. The van der Waals surface area contributed by atoms with E-state index in [2.05, 4.69) is 41.7 Å². The third kappa shape index (κ3) is 2.85. The van der Waals surface area contributed by atoms with Gasteiger partial charge in [0.05, 0.1) is 7.11 Å². The summed E-state index contributed by atoms with van der Waals surface area (Å²) in [6.45, 7) is 2.22. The summed E-state index contributed by atoms with van der Waals surface area (Å²) >= 11 is 0. The van der Waals surface area contributed by atoms with Gasteiger partial charge in [0.2, 0.25) is 0 Å². The van der Waals surface area contributed by atoms with E-state index in [4.69, 9.17) is 4.74 Å². The van der Waals surface area contributed by atoms with Crippen LogP contribution < -0.4 is 10.1 Å². The molecule has 0 amide bonds. The van der Waals surface area contributed by atoms with Crippen LogP contribution in [-0.2, 0) is 0 Å². The maximum Gasteiger partial charge on any atom is 0.122 e. The van der Waals surface area contributed by atoms with Crippen molar-refractivity contribution in [3.63, 3.8) is 0 Å². The SMILES string of the molecule is COc1cc2ccccc2cc1C1CCNCC1.Cl. The summed E-state index contributed by atoms with van der Waals surface area (Å²) in [5.74, 6) is 1.67. The Kier molecular flexibility index (Phi) is 4.67. The number of methoxy groups -OCH3 is 1.